The number of hydrogen-bond acceptors (Lipinski definition) is 4. The number of aromatic nitrogens is 2. The zero-order valence-electron chi connectivity index (χ0n) is 15.9. The number of hydrogen-bond donors (Lipinski definition) is 2. The summed E-state index contributed by atoms with van der Waals surface area (Å²) in [5.74, 6) is -0.805. The van der Waals surface area contributed by atoms with Crippen molar-refractivity contribution in [3.63, 3.8) is 0 Å². The van der Waals surface area contributed by atoms with Crippen molar-refractivity contribution in [2.75, 3.05) is 0 Å². The maximum atomic E-state index is 12.5. The third-order valence-electron chi connectivity index (χ3n) is 5.09. The fourth-order valence-electron chi connectivity index (χ4n) is 3.34. The van der Waals surface area contributed by atoms with E-state index in [4.69, 9.17) is 0 Å². The van der Waals surface area contributed by atoms with Crippen molar-refractivity contribution >= 4 is 23.5 Å². The SMILES string of the molecule is Cc1ccc(-n2c(O)c(C=C3C(=O)C=Cc4ccccc43)c(=O)[nH]c2=O)cc1C. The van der Waals surface area contributed by atoms with Gasteiger partial charge in [-0.1, -0.05) is 36.4 Å². The Morgan fingerprint density at radius 1 is 0.966 bits per heavy atom. The summed E-state index contributed by atoms with van der Waals surface area (Å²) in [4.78, 5) is 39.6. The van der Waals surface area contributed by atoms with E-state index in [1.807, 2.05) is 32.0 Å². The molecule has 6 nitrogen and oxygen atoms in total. The van der Waals surface area contributed by atoms with Gasteiger partial charge in [0.15, 0.2) is 5.78 Å². The number of aromatic hydroxyl groups is 1. The molecule has 1 aromatic heterocycles. The van der Waals surface area contributed by atoms with E-state index in [-0.39, 0.29) is 16.9 Å². The fraction of sp³-hybridized carbons (Fsp3) is 0.0870. The summed E-state index contributed by atoms with van der Waals surface area (Å²) in [7, 11) is 0. The predicted octanol–water partition coefficient (Wildman–Crippen LogP) is 2.98. The molecular weight excluding hydrogens is 368 g/mol. The van der Waals surface area contributed by atoms with Crippen molar-refractivity contribution in [2.45, 2.75) is 13.8 Å². The number of benzene rings is 2. The first-order valence-corrected chi connectivity index (χ1v) is 9.06. The van der Waals surface area contributed by atoms with Crippen LogP contribution >= 0.6 is 0 Å². The molecule has 0 fully saturated rings. The summed E-state index contributed by atoms with van der Waals surface area (Å²) in [6, 6.07) is 12.5. The molecule has 144 valence electrons. The lowest BCUT2D eigenvalue weighted by Crippen LogP contribution is -2.30. The van der Waals surface area contributed by atoms with Gasteiger partial charge in [-0.3, -0.25) is 14.6 Å². The molecule has 0 unspecified atom stereocenters. The molecule has 0 saturated carbocycles. The Bertz CT molecular complexity index is 1340. The van der Waals surface area contributed by atoms with Gasteiger partial charge >= 0.3 is 5.69 Å². The van der Waals surface area contributed by atoms with E-state index in [1.165, 1.54) is 12.2 Å². The molecule has 1 aliphatic carbocycles. The van der Waals surface area contributed by atoms with Gasteiger partial charge in [0, 0.05) is 5.57 Å². The number of fused-ring (bicyclic) bond motifs is 1. The first-order valence-electron chi connectivity index (χ1n) is 9.06. The highest BCUT2D eigenvalue weighted by atomic mass is 16.3. The Kier molecular flexibility index (Phi) is 4.39. The third-order valence-corrected chi connectivity index (χ3v) is 5.09. The summed E-state index contributed by atoms with van der Waals surface area (Å²) >= 11 is 0. The molecule has 0 atom stereocenters. The number of nitrogens with one attached hydrogen (secondary N) is 1. The molecule has 29 heavy (non-hydrogen) atoms. The standard InChI is InChI=1S/C23H18N2O4/c1-13-7-9-16(11-14(13)2)25-22(28)19(21(27)24-23(25)29)12-18-17-6-4-3-5-15(17)8-10-20(18)26/h3-12,28H,1-2H3,(H,24,27,29). The van der Waals surface area contributed by atoms with Gasteiger partial charge in [0.1, 0.15) is 5.56 Å². The lowest BCUT2D eigenvalue weighted by molar-refractivity contribution is -0.109. The molecule has 1 heterocycles. The number of allylic oxidation sites excluding steroid dienone is 2. The number of rotatable bonds is 2. The van der Waals surface area contributed by atoms with Crippen molar-refractivity contribution in [1.29, 1.82) is 0 Å². The van der Waals surface area contributed by atoms with Crippen LogP contribution < -0.4 is 11.2 Å². The number of ketones is 1. The molecule has 0 aliphatic heterocycles. The van der Waals surface area contributed by atoms with E-state index in [2.05, 4.69) is 4.98 Å². The van der Waals surface area contributed by atoms with E-state index in [9.17, 15) is 19.5 Å². The quantitative estimate of drug-likeness (QED) is 0.663. The summed E-state index contributed by atoms with van der Waals surface area (Å²) in [6.45, 7) is 3.82. The van der Waals surface area contributed by atoms with Gasteiger partial charge in [-0.2, -0.15) is 0 Å². The van der Waals surface area contributed by atoms with Gasteiger partial charge < -0.3 is 5.11 Å². The molecule has 2 aromatic carbocycles. The number of carbonyl (C=O) groups is 1. The van der Waals surface area contributed by atoms with E-state index < -0.39 is 17.1 Å². The Hall–Kier alpha value is -3.93. The monoisotopic (exact) mass is 386 g/mol. The Labute approximate surface area is 166 Å². The second-order valence-corrected chi connectivity index (χ2v) is 6.94. The maximum Gasteiger partial charge on any atom is 0.335 e. The molecule has 1 aliphatic rings. The van der Waals surface area contributed by atoms with Crippen LogP contribution in [0.3, 0.4) is 0 Å². The van der Waals surface area contributed by atoms with Crippen LogP contribution in [0.4, 0.5) is 0 Å². The Morgan fingerprint density at radius 2 is 1.72 bits per heavy atom. The molecule has 4 rings (SSSR count). The third kappa shape index (κ3) is 3.14. The van der Waals surface area contributed by atoms with Crippen LogP contribution in [-0.4, -0.2) is 20.4 Å². The molecule has 0 radical (unpaired) electrons. The molecule has 0 amide bonds. The summed E-state index contributed by atoms with van der Waals surface area (Å²) in [5.41, 5.74) is 2.46. The molecule has 3 aromatic rings. The van der Waals surface area contributed by atoms with Crippen LogP contribution in [-0.2, 0) is 4.79 Å². The van der Waals surface area contributed by atoms with Crippen LogP contribution in [0, 0.1) is 13.8 Å². The average Bonchev–Trinajstić information content (AvgIpc) is 2.69. The van der Waals surface area contributed by atoms with Gasteiger partial charge in [-0.25, -0.2) is 9.36 Å². The van der Waals surface area contributed by atoms with Crippen LogP contribution in [0.1, 0.15) is 27.8 Å². The van der Waals surface area contributed by atoms with Gasteiger partial charge in [0.25, 0.3) is 5.56 Å². The second-order valence-electron chi connectivity index (χ2n) is 6.94. The molecule has 6 heteroatoms. The number of nitrogens with zero attached hydrogens (tertiary/aromatic N) is 1. The molecular formula is C23H18N2O4. The minimum Gasteiger partial charge on any atom is -0.494 e. The predicted molar refractivity (Wildman–Crippen MR) is 112 cm³/mol. The first kappa shape index (κ1) is 18.4. The fourth-order valence-corrected chi connectivity index (χ4v) is 3.34. The van der Waals surface area contributed by atoms with Gasteiger partial charge in [-0.15, -0.1) is 0 Å². The Balaban J connectivity index is 1.96. The highest BCUT2D eigenvalue weighted by molar-refractivity contribution is 6.33. The minimum atomic E-state index is -0.764. The smallest absolute Gasteiger partial charge is 0.335 e. The molecule has 2 N–H and O–H groups in total. The minimum absolute atomic E-state index is 0.156. The number of H-pyrrole nitrogens is 1. The lowest BCUT2D eigenvalue weighted by atomic mass is 9.90. The zero-order chi connectivity index (χ0) is 20.7. The normalized spacial score (nSPS) is 14.3. The summed E-state index contributed by atoms with van der Waals surface area (Å²) < 4.78 is 1.02. The van der Waals surface area contributed by atoms with Crippen molar-refractivity contribution in [2.24, 2.45) is 0 Å². The van der Waals surface area contributed by atoms with E-state index in [1.54, 1.807) is 30.3 Å². The van der Waals surface area contributed by atoms with Crippen molar-refractivity contribution < 1.29 is 9.90 Å². The number of carbonyl (C=O) groups excluding carboxylic acids is 1. The summed E-state index contributed by atoms with van der Waals surface area (Å²) in [5, 5.41) is 10.8. The van der Waals surface area contributed by atoms with Gasteiger partial charge in [0.05, 0.1) is 5.69 Å². The van der Waals surface area contributed by atoms with Crippen molar-refractivity contribution in [3.8, 4) is 11.6 Å². The van der Waals surface area contributed by atoms with E-state index >= 15 is 0 Å². The molecule has 0 bridgehead atoms. The first-order chi connectivity index (χ1) is 13.9. The summed E-state index contributed by atoms with van der Waals surface area (Å²) in [6.07, 6.45) is 4.45. The van der Waals surface area contributed by atoms with Gasteiger partial charge in [-0.05, 0) is 60.4 Å². The molecule has 0 saturated heterocycles. The largest absolute Gasteiger partial charge is 0.494 e. The highest BCUT2D eigenvalue weighted by Crippen LogP contribution is 2.29. The number of aromatic amines is 1. The Morgan fingerprint density at radius 3 is 2.48 bits per heavy atom. The van der Waals surface area contributed by atoms with Crippen LogP contribution in [0.25, 0.3) is 23.4 Å². The van der Waals surface area contributed by atoms with Gasteiger partial charge in [0.2, 0.25) is 5.88 Å². The second kappa shape index (κ2) is 6.91. The maximum absolute atomic E-state index is 12.5. The van der Waals surface area contributed by atoms with E-state index in [0.717, 1.165) is 21.3 Å². The average molecular weight is 386 g/mol. The van der Waals surface area contributed by atoms with Crippen LogP contribution in [0.5, 0.6) is 5.88 Å². The van der Waals surface area contributed by atoms with Crippen molar-refractivity contribution in [1.82, 2.24) is 9.55 Å². The topological polar surface area (TPSA) is 92.2 Å². The zero-order valence-corrected chi connectivity index (χ0v) is 15.9. The van der Waals surface area contributed by atoms with Crippen LogP contribution in [0.2, 0.25) is 0 Å². The molecule has 0 spiro atoms. The van der Waals surface area contributed by atoms with Crippen LogP contribution in [0.15, 0.2) is 58.1 Å². The highest BCUT2D eigenvalue weighted by Gasteiger charge is 2.20. The van der Waals surface area contributed by atoms with Crippen molar-refractivity contribution in [3.05, 3.63) is 97.2 Å². The lowest BCUT2D eigenvalue weighted by Gasteiger charge is -2.14. The van der Waals surface area contributed by atoms with E-state index in [0.29, 0.717) is 11.3 Å². The number of aryl methyl sites for hydroxylation is 2.